The summed E-state index contributed by atoms with van der Waals surface area (Å²) >= 11 is 0. The van der Waals surface area contributed by atoms with Crippen LogP contribution in [-0.4, -0.2) is 49.9 Å². The first-order chi connectivity index (χ1) is 17.3. The molecule has 0 saturated heterocycles. The smallest absolute Gasteiger partial charge is 0.293 e. The number of benzene rings is 1. The number of amides is 1. The first kappa shape index (κ1) is 26.3. The summed E-state index contributed by atoms with van der Waals surface area (Å²) in [6.07, 6.45) is 12.5. The number of allylic oxidation sites excluding steroid dienone is 3. The van der Waals surface area contributed by atoms with Crippen molar-refractivity contribution < 1.29 is 9.53 Å². The van der Waals surface area contributed by atoms with Crippen LogP contribution in [0, 0.1) is 12.0 Å². The molecule has 0 bridgehead atoms. The largest absolute Gasteiger partial charge is 0.383 e. The number of hydrogen-bond acceptors (Lipinski definition) is 4. The molecule has 36 heavy (non-hydrogen) atoms. The van der Waals surface area contributed by atoms with Gasteiger partial charge in [-0.1, -0.05) is 38.6 Å². The van der Waals surface area contributed by atoms with Crippen molar-refractivity contribution >= 4 is 22.9 Å². The molecule has 1 aliphatic heterocycles. The molecule has 1 amide bonds. The second kappa shape index (κ2) is 11.5. The highest BCUT2D eigenvalue weighted by atomic mass is 16.5. The van der Waals surface area contributed by atoms with Crippen LogP contribution in [0.3, 0.4) is 0 Å². The molecule has 3 aliphatic rings. The lowest BCUT2D eigenvalue weighted by Gasteiger charge is -2.35. The van der Waals surface area contributed by atoms with Crippen molar-refractivity contribution in [3.8, 4) is 0 Å². The fraction of sp³-hybridized carbons (Fsp3) is 0.567. The number of aliphatic imine (C=N–C) groups is 1. The molecule has 0 aromatic heterocycles. The van der Waals surface area contributed by atoms with Gasteiger partial charge in [0.25, 0.3) is 11.7 Å². The molecule has 1 saturated carbocycles. The van der Waals surface area contributed by atoms with Gasteiger partial charge < -0.3 is 19.8 Å². The molecule has 0 radical (unpaired) electrons. The second-order valence-corrected chi connectivity index (χ2v) is 11.3. The number of nitrogens with zero attached hydrogens (tertiary/aromatic N) is 3. The average Bonchev–Trinajstić information content (AvgIpc) is 3.37. The van der Waals surface area contributed by atoms with E-state index in [1.54, 1.807) is 13.2 Å². The molecular formula is C30H40N4O2. The Morgan fingerprint density at radius 2 is 2.03 bits per heavy atom. The van der Waals surface area contributed by atoms with Crippen molar-refractivity contribution in [1.82, 2.24) is 4.90 Å². The molecule has 1 N–H and O–H groups in total. The van der Waals surface area contributed by atoms with Crippen LogP contribution in [0.5, 0.6) is 0 Å². The zero-order valence-electron chi connectivity index (χ0n) is 22.3. The quantitative estimate of drug-likeness (QED) is 0.429. The number of methoxy groups -OCH3 is 1. The van der Waals surface area contributed by atoms with Crippen molar-refractivity contribution in [1.29, 1.82) is 0 Å². The minimum Gasteiger partial charge on any atom is -0.383 e. The van der Waals surface area contributed by atoms with Crippen molar-refractivity contribution in [3.05, 3.63) is 58.7 Å². The summed E-state index contributed by atoms with van der Waals surface area (Å²) in [5.41, 5.74) is 5.42. The molecule has 192 valence electrons. The van der Waals surface area contributed by atoms with Crippen LogP contribution >= 0.6 is 0 Å². The second-order valence-electron chi connectivity index (χ2n) is 11.3. The molecule has 1 aromatic rings. The maximum Gasteiger partial charge on any atom is 0.293 e. The molecule has 4 rings (SSSR count). The van der Waals surface area contributed by atoms with E-state index in [1.807, 2.05) is 0 Å². The summed E-state index contributed by atoms with van der Waals surface area (Å²) < 4.78 is 5.26. The summed E-state index contributed by atoms with van der Waals surface area (Å²) in [5.74, 6) is 0.637. The number of likely N-dealkylation sites (N-methyl/N-ethyl adjacent to an activating group) is 1. The molecule has 1 aromatic carbocycles. The molecule has 6 heteroatoms. The Morgan fingerprint density at radius 3 is 2.67 bits per heavy atom. The van der Waals surface area contributed by atoms with Crippen LogP contribution in [0.15, 0.2) is 41.2 Å². The lowest BCUT2D eigenvalue weighted by atomic mass is 9.76. The highest BCUT2D eigenvalue weighted by Gasteiger charge is 2.28. The molecule has 2 aliphatic carbocycles. The third kappa shape index (κ3) is 6.32. The van der Waals surface area contributed by atoms with E-state index in [1.165, 1.54) is 36.8 Å². The SMILES string of the molecule is [C-]#[N+]C1=CCC(C(=O)Nc2ccc(C3CCC(N(C)CCOC)CC3)cc2C2=CCC(C)(C)CC2)=N1. The Labute approximate surface area is 216 Å². The molecule has 0 spiro atoms. The first-order valence-corrected chi connectivity index (χ1v) is 13.3. The number of nitrogens with one attached hydrogen (secondary N) is 1. The van der Waals surface area contributed by atoms with E-state index in [9.17, 15) is 4.79 Å². The number of ether oxygens (including phenoxy) is 1. The number of rotatable bonds is 8. The van der Waals surface area contributed by atoms with E-state index < -0.39 is 0 Å². The van der Waals surface area contributed by atoms with E-state index in [0.29, 0.717) is 35.3 Å². The predicted molar refractivity (Wildman–Crippen MR) is 147 cm³/mol. The van der Waals surface area contributed by atoms with E-state index in [2.05, 4.69) is 65.2 Å². The van der Waals surface area contributed by atoms with Gasteiger partial charge in [0.2, 0.25) is 0 Å². The average molecular weight is 489 g/mol. The number of anilines is 1. The zero-order chi connectivity index (χ0) is 25.7. The fourth-order valence-electron chi connectivity index (χ4n) is 5.61. The van der Waals surface area contributed by atoms with Gasteiger partial charge in [0.15, 0.2) is 5.71 Å². The van der Waals surface area contributed by atoms with Gasteiger partial charge in [0, 0.05) is 37.4 Å². The summed E-state index contributed by atoms with van der Waals surface area (Å²) in [6.45, 7) is 13.5. The van der Waals surface area contributed by atoms with Gasteiger partial charge >= 0.3 is 0 Å². The van der Waals surface area contributed by atoms with E-state index in [-0.39, 0.29) is 5.91 Å². The van der Waals surface area contributed by atoms with E-state index in [0.717, 1.165) is 43.7 Å². The molecular weight excluding hydrogens is 448 g/mol. The fourth-order valence-corrected chi connectivity index (χ4v) is 5.61. The number of carbonyl (C=O) groups is 1. The van der Waals surface area contributed by atoms with Gasteiger partial charge in [-0.25, -0.2) is 0 Å². The summed E-state index contributed by atoms with van der Waals surface area (Å²) in [7, 11) is 3.97. The van der Waals surface area contributed by atoms with Crippen molar-refractivity contribution in [3.63, 3.8) is 0 Å². The van der Waals surface area contributed by atoms with Gasteiger partial charge in [-0.05, 0) is 86.6 Å². The van der Waals surface area contributed by atoms with Crippen LogP contribution in [0.4, 0.5) is 5.69 Å². The highest BCUT2D eigenvalue weighted by Crippen LogP contribution is 2.42. The van der Waals surface area contributed by atoms with Crippen LogP contribution in [0.2, 0.25) is 0 Å². The van der Waals surface area contributed by atoms with Crippen LogP contribution < -0.4 is 5.32 Å². The third-order valence-corrected chi connectivity index (χ3v) is 8.15. The minimum absolute atomic E-state index is 0.213. The Kier molecular flexibility index (Phi) is 8.43. The van der Waals surface area contributed by atoms with Crippen LogP contribution in [0.1, 0.15) is 82.3 Å². The number of carbonyl (C=O) groups excluding carboxylic acids is 1. The van der Waals surface area contributed by atoms with Crippen molar-refractivity contribution in [2.45, 2.75) is 77.2 Å². The maximum atomic E-state index is 13.0. The molecule has 0 atom stereocenters. The number of hydrogen-bond donors (Lipinski definition) is 1. The Balaban J connectivity index is 1.53. The predicted octanol–water partition coefficient (Wildman–Crippen LogP) is 6.43. The van der Waals surface area contributed by atoms with Crippen molar-refractivity contribution in [2.75, 3.05) is 32.6 Å². The van der Waals surface area contributed by atoms with Crippen LogP contribution in [0.25, 0.3) is 10.4 Å². The summed E-state index contributed by atoms with van der Waals surface area (Å²) in [5, 5.41) is 3.12. The zero-order valence-corrected chi connectivity index (χ0v) is 22.3. The van der Waals surface area contributed by atoms with Crippen LogP contribution in [-0.2, 0) is 9.53 Å². The summed E-state index contributed by atoms with van der Waals surface area (Å²) in [4.78, 5) is 22.9. The topological polar surface area (TPSA) is 58.3 Å². The summed E-state index contributed by atoms with van der Waals surface area (Å²) in [6, 6.07) is 7.24. The minimum atomic E-state index is -0.213. The van der Waals surface area contributed by atoms with E-state index >= 15 is 0 Å². The Bertz CT molecular complexity index is 1100. The third-order valence-electron chi connectivity index (χ3n) is 8.15. The van der Waals surface area contributed by atoms with Gasteiger partial charge in [-0.15, -0.1) is 4.99 Å². The molecule has 0 unspecified atom stereocenters. The van der Waals surface area contributed by atoms with E-state index in [4.69, 9.17) is 11.3 Å². The van der Waals surface area contributed by atoms with Crippen molar-refractivity contribution in [2.24, 2.45) is 10.4 Å². The Morgan fingerprint density at radius 1 is 1.25 bits per heavy atom. The Hall–Kier alpha value is -2.75. The standard InChI is InChI=1S/C30H40N4O2/c1-30(2)16-14-22(15-17-30)25-20-23(21-6-9-24(10-7-21)34(4)18-19-36-5)8-11-26(25)33-29(35)27-12-13-28(31-3)32-27/h8,11,13-14,20-21,24H,6-7,9-10,12,15-19H2,1-2,4-5H3,(H,33,35). The molecule has 6 nitrogen and oxygen atoms in total. The lowest BCUT2D eigenvalue weighted by Crippen LogP contribution is -2.36. The maximum absolute atomic E-state index is 13.0. The monoisotopic (exact) mass is 488 g/mol. The van der Waals surface area contributed by atoms with Gasteiger partial charge in [-0.2, -0.15) is 0 Å². The molecule has 1 heterocycles. The van der Waals surface area contributed by atoms with Gasteiger partial charge in [0.1, 0.15) is 0 Å². The van der Waals surface area contributed by atoms with Gasteiger partial charge in [0.05, 0.1) is 6.61 Å². The molecule has 1 fully saturated rings. The van der Waals surface area contributed by atoms with Gasteiger partial charge in [-0.3, -0.25) is 4.79 Å². The highest BCUT2D eigenvalue weighted by molar-refractivity contribution is 6.44. The lowest BCUT2D eigenvalue weighted by molar-refractivity contribution is -0.110. The first-order valence-electron chi connectivity index (χ1n) is 13.3. The normalized spacial score (nSPS) is 23.5.